The molecule has 22 heavy (non-hydrogen) atoms. The Kier molecular flexibility index (Phi) is 2.19. The fraction of sp³-hybridized carbons (Fsp3) is 0. The lowest BCUT2D eigenvalue weighted by Gasteiger charge is -2.03. The lowest BCUT2D eigenvalue weighted by molar-refractivity contribution is 0.665. The number of aromatic nitrogens is 3. The van der Waals surface area contributed by atoms with Gasteiger partial charge in [0.25, 0.3) is 0 Å². The van der Waals surface area contributed by atoms with Crippen molar-refractivity contribution >= 4 is 33.1 Å². The summed E-state index contributed by atoms with van der Waals surface area (Å²) in [6, 6.07) is 18.1. The molecule has 0 unspecified atom stereocenters. The van der Waals surface area contributed by atoms with Gasteiger partial charge < -0.3 is 4.42 Å². The van der Waals surface area contributed by atoms with Crippen molar-refractivity contribution in [2.75, 3.05) is 0 Å². The number of furan rings is 1. The molecule has 5 aromatic rings. The van der Waals surface area contributed by atoms with Gasteiger partial charge in [0.1, 0.15) is 17.4 Å². The van der Waals surface area contributed by atoms with Gasteiger partial charge in [-0.1, -0.05) is 30.3 Å². The molecule has 2 aromatic carbocycles. The van der Waals surface area contributed by atoms with Gasteiger partial charge in [-0.3, -0.25) is 4.57 Å². The van der Waals surface area contributed by atoms with E-state index in [0.717, 1.165) is 38.8 Å². The smallest absolute Gasteiger partial charge is 0.164 e. The van der Waals surface area contributed by atoms with Crippen LogP contribution in [-0.2, 0) is 0 Å². The molecule has 3 aromatic heterocycles. The molecule has 4 heteroatoms. The number of hydrogen-bond donors (Lipinski definition) is 0. The Bertz CT molecular complexity index is 1140. The molecule has 5 rings (SSSR count). The van der Waals surface area contributed by atoms with Gasteiger partial charge in [0.05, 0.1) is 5.69 Å². The van der Waals surface area contributed by atoms with E-state index in [2.05, 4.69) is 22.1 Å². The summed E-state index contributed by atoms with van der Waals surface area (Å²) in [5.41, 5.74) is 4.40. The summed E-state index contributed by atoms with van der Waals surface area (Å²) in [6.45, 7) is 0. The average Bonchev–Trinajstić information content (AvgIpc) is 3.16. The highest BCUT2D eigenvalue weighted by Crippen LogP contribution is 2.33. The van der Waals surface area contributed by atoms with Crippen LogP contribution in [0.15, 0.2) is 71.5 Å². The van der Waals surface area contributed by atoms with Gasteiger partial charge in [-0.15, -0.1) is 0 Å². The molecule has 0 atom stereocenters. The van der Waals surface area contributed by atoms with Crippen molar-refractivity contribution in [3.05, 3.63) is 67.1 Å². The molecule has 0 aliphatic carbocycles. The van der Waals surface area contributed by atoms with Crippen LogP contribution in [0.5, 0.6) is 0 Å². The van der Waals surface area contributed by atoms with Crippen molar-refractivity contribution in [3.8, 4) is 5.69 Å². The minimum absolute atomic E-state index is 0.829. The van der Waals surface area contributed by atoms with E-state index in [0.29, 0.717) is 0 Å². The van der Waals surface area contributed by atoms with E-state index < -0.39 is 0 Å². The van der Waals surface area contributed by atoms with Crippen LogP contribution in [0.2, 0.25) is 0 Å². The molecule has 0 saturated heterocycles. The minimum atomic E-state index is 0.829. The highest BCUT2D eigenvalue weighted by molar-refractivity contribution is 6.07. The predicted octanol–water partition coefficient (Wildman–Crippen LogP) is 4.32. The van der Waals surface area contributed by atoms with Crippen LogP contribution >= 0.6 is 0 Å². The Morgan fingerprint density at radius 2 is 1.73 bits per heavy atom. The summed E-state index contributed by atoms with van der Waals surface area (Å²) < 4.78 is 8.05. The summed E-state index contributed by atoms with van der Waals surface area (Å²) in [6.07, 6.45) is 3.57. The predicted molar refractivity (Wildman–Crippen MR) is 86.1 cm³/mol. The first-order chi connectivity index (χ1) is 10.9. The van der Waals surface area contributed by atoms with Gasteiger partial charge in [0.2, 0.25) is 0 Å². The van der Waals surface area contributed by atoms with Crippen molar-refractivity contribution in [2.45, 2.75) is 0 Å². The Balaban J connectivity index is 1.92. The number of hydrogen-bond acceptors (Lipinski definition) is 3. The number of imidazole rings is 1. The normalized spacial score (nSPS) is 11.6. The van der Waals surface area contributed by atoms with Crippen LogP contribution in [0.3, 0.4) is 0 Å². The Labute approximate surface area is 125 Å². The van der Waals surface area contributed by atoms with E-state index >= 15 is 0 Å². The van der Waals surface area contributed by atoms with E-state index in [4.69, 9.17) is 4.42 Å². The fourth-order valence-corrected chi connectivity index (χ4v) is 2.95. The van der Waals surface area contributed by atoms with Crippen LogP contribution < -0.4 is 0 Å². The van der Waals surface area contributed by atoms with E-state index in [1.54, 1.807) is 12.5 Å². The molecule has 104 valence electrons. The second kappa shape index (κ2) is 4.18. The molecule has 0 aliphatic heterocycles. The molecule has 0 spiro atoms. The molecule has 0 amide bonds. The summed E-state index contributed by atoms with van der Waals surface area (Å²) in [5.74, 6) is 0. The Morgan fingerprint density at radius 1 is 0.818 bits per heavy atom. The molecule has 0 aliphatic rings. The van der Waals surface area contributed by atoms with Gasteiger partial charge in [-0.2, -0.15) is 0 Å². The van der Waals surface area contributed by atoms with E-state index in [9.17, 15) is 0 Å². The first-order valence-corrected chi connectivity index (χ1v) is 7.10. The third-order valence-electron chi connectivity index (χ3n) is 3.95. The molecule has 0 N–H and O–H groups in total. The quantitative estimate of drug-likeness (QED) is 0.460. The maximum absolute atomic E-state index is 6.08. The van der Waals surface area contributed by atoms with Crippen molar-refractivity contribution in [2.24, 2.45) is 0 Å². The molecule has 0 bridgehead atoms. The van der Waals surface area contributed by atoms with E-state index in [-0.39, 0.29) is 0 Å². The number of para-hydroxylation sites is 2. The molecule has 3 heterocycles. The summed E-state index contributed by atoms with van der Waals surface area (Å²) >= 11 is 0. The van der Waals surface area contributed by atoms with Gasteiger partial charge in [-0.05, 0) is 24.3 Å². The Morgan fingerprint density at radius 3 is 2.73 bits per heavy atom. The van der Waals surface area contributed by atoms with Gasteiger partial charge in [0.15, 0.2) is 11.2 Å². The first kappa shape index (κ1) is 11.5. The van der Waals surface area contributed by atoms with Crippen LogP contribution in [0.25, 0.3) is 38.8 Å². The third kappa shape index (κ3) is 1.46. The molecule has 0 fully saturated rings. The lowest BCUT2D eigenvalue weighted by atomic mass is 10.1. The van der Waals surface area contributed by atoms with Crippen LogP contribution in [-0.4, -0.2) is 14.5 Å². The summed E-state index contributed by atoms with van der Waals surface area (Å²) in [7, 11) is 0. The SMILES string of the molecule is c1cnc2c(c1)ncn2-c1cccc2c1oc1ccccc12. The van der Waals surface area contributed by atoms with Crippen LogP contribution in [0.4, 0.5) is 0 Å². The molecular formula is C18H11N3O. The van der Waals surface area contributed by atoms with E-state index in [1.807, 2.05) is 47.0 Å². The van der Waals surface area contributed by atoms with Gasteiger partial charge >= 0.3 is 0 Å². The highest BCUT2D eigenvalue weighted by Gasteiger charge is 2.13. The summed E-state index contributed by atoms with van der Waals surface area (Å²) in [4.78, 5) is 8.85. The number of benzene rings is 2. The topological polar surface area (TPSA) is 43.9 Å². The number of pyridine rings is 1. The highest BCUT2D eigenvalue weighted by atomic mass is 16.3. The zero-order valence-corrected chi connectivity index (χ0v) is 11.6. The fourth-order valence-electron chi connectivity index (χ4n) is 2.95. The van der Waals surface area contributed by atoms with Crippen LogP contribution in [0.1, 0.15) is 0 Å². The second-order valence-electron chi connectivity index (χ2n) is 5.21. The van der Waals surface area contributed by atoms with Crippen LogP contribution in [0, 0.1) is 0 Å². The number of nitrogens with zero attached hydrogens (tertiary/aromatic N) is 3. The van der Waals surface area contributed by atoms with Crippen molar-refractivity contribution in [3.63, 3.8) is 0 Å². The lowest BCUT2D eigenvalue weighted by Crippen LogP contribution is -1.93. The maximum Gasteiger partial charge on any atom is 0.164 e. The number of fused-ring (bicyclic) bond motifs is 4. The molecular weight excluding hydrogens is 274 g/mol. The third-order valence-corrected chi connectivity index (χ3v) is 3.95. The first-order valence-electron chi connectivity index (χ1n) is 7.10. The van der Waals surface area contributed by atoms with Crippen molar-refractivity contribution < 1.29 is 4.42 Å². The van der Waals surface area contributed by atoms with Crippen molar-refractivity contribution in [1.29, 1.82) is 0 Å². The second-order valence-corrected chi connectivity index (χ2v) is 5.21. The van der Waals surface area contributed by atoms with Gasteiger partial charge in [0, 0.05) is 17.0 Å². The van der Waals surface area contributed by atoms with E-state index in [1.165, 1.54) is 0 Å². The van der Waals surface area contributed by atoms with Crippen molar-refractivity contribution in [1.82, 2.24) is 14.5 Å². The van der Waals surface area contributed by atoms with Gasteiger partial charge in [-0.25, -0.2) is 9.97 Å². The zero-order valence-electron chi connectivity index (χ0n) is 11.6. The number of rotatable bonds is 1. The average molecular weight is 285 g/mol. The standard InChI is InChI=1S/C18H11N3O/c1-2-9-16-12(5-1)13-6-3-8-15(17(13)22-16)21-11-20-14-7-4-10-19-18(14)21/h1-11H. The minimum Gasteiger partial charge on any atom is -0.454 e. The molecule has 0 radical (unpaired) electrons. The molecule has 0 saturated carbocycles. The Hall–Kier alpha value is -3.14. The maximum atomic E-state index is 6.08. The molecule has 4 nitrogen and oxygen atoms in total. The monoisotopic (exact) mass is 285 g/mol. The summed E-state index contributed by atoms with van der Waals surface area (Å²) in [5, 5.41) is 2.22. The largest absolute Gasteiger partial charge is 0.454 e. The zero-order chi connectivity index (χ0) is 14.5.